The standard InChI is InChI=1S/C15H20N2O2/c1-9-6-12(8-19-9)14(16)11-3-2-10-4-5-17-15(18)13(10)7-11/h2-3,7,9,12,14H,4-6,8,16H2,1H3,(H,17,18). The maximum Gasteiger partial charge on any atom is 0.251 e. The zero-order chi connectivity index (χ0) is 13.4. The van der Waals surface area contributed by atoms with E-state index < -0.39 is 0 Å². The van der Waals surface area contributed by atoms with Crippen LogP contribution in [0.2, 0.25) is 0 Å². The highest BCUT2D eigenvalue weighted by molar-refractivity contribution is 5.96. The maximum atomic E-state index is 11.9. The van der Waals surface area contributed by atoms with Crippen LogP contribution in [0.5, 0.6) is 0 Å². The van der Waals surface area contributed by atoms with Crippen molar-refractivity contribution in [2.24, 2.45) is 11.7 Å². The van der Waals surface area contributed by atoms with E-state index in [9.17, 15) is 4.79 Å². The van der Waals surface area contributed by atoms with Crippen molar-refractivity contribution >= 4 is 5.91 Å². The summed E-state index contributed by atoms with van der Waals surface area (Å²) in [4.78, 5) is 11.9. The van der Waals surface area contributed by atoms with Crippen molar-refractivity contribution in [2.45, 2.75) is 31.9 Å². The van der Waals surface area contributed by atoms with Gasteiger partial charge in [-0.2, -0.15) is 0 Å². The van der Waals surface area contributed by atoms with Crippen molar-refractivity contribution in [1.82, 2.24) is 5.32 Å². The maximum absolute atomic E-state index is 11.9. The molecule has 3 N–H and O–H groups in total. The van der Waals surface area contributed by atoms with Crippen molar-refractivity contribution in [3.8, 4) is 0 Å². The number of nitrogens with two attached hydrogens (primary N) is 1. The number of hydrogen-bond acceptors (Lipinski definition) is 3. The SMILES string of the molecule is CC1CC(C(N)c2ccc3c(c2)C(=O)NCC3)CO1. The van der Waals surface area contributed by atoms with Gasteiger partial charge in [0.05, 0.1) is 12.7 Å². The van der Waals surface area contributed by atoms with Gasteiger partial charge in [0, 0.05) is 24.1 Å². The van der Waals surface area contributed by atoms with Crippen LogP contribution in [0.3, 0.4) is 0 Å². The molecule has 4 heteroatoms. The minimum atomic E-state index is -0.0509. The number of hydrogen-bond donors (Lipinski definition) is 2. The molecule has 1 amide bonds. The third kappa shape index (κ3) is 2.38. The summed E-state index contributed by atoms with van der Waals surface area (Å²) < 4.78 is 5.58. The van der Waals surface area contributed by atoms with Crippen LogP contribution in [0, 0.1) is 5.92 Å². The summed E-state index contributed by atoms with van der Waals surface area (Å²) in [6.45, 7) is 3.52. The molecule has 2 aliphatic heterocycles. The number of rotatable bonds is 2. The van der Waals surface area contributed by atoms with Gasteiger partial charge in [-0.25, -0.2) is 0 Å². The highest BCUT2D eigenvalue weighted by Crippen LogP contribution is 2.31. The second kappa shape index (κ2) is 4.94. The fraction of sp³-hybridized carbons (Fsp3) is 0.533. The normalized spacial score (nSPS) is 27.8. The lowest BCUT2D eigenvalue weighted by molar-refractivity contribution is 0.0946. The van der Waals surface area contributed by atoms with Crippen LogP contribution in [-0.4, -0.2) is 25.2 Å². The Bertz CT molecular complexity index is 501. The second-order valence-electron chi connectivity index (χ2n) is 5.59. The van der Waals surface area contributed by atoms with Gasteiger partial charge in [-0.05, 0) is 37.0 Å². The van der Waals surface area contributed by atoms with Crippen LogP contribution in [-0.2, 0) is 11.2 Å². The molecule has 3 atom stereocenters. The summed E-state index contributed by atoms with van der Waals surface area (Å²) in [5, 5.41) is 2.88. The summed E-state index contributed by atoms with van der Waals surface area (Å²) in [6.07, 6.45) is 2.18. The molecule has 3 unspecified atom stereocenters. The van der Waals surface area contributed by atoms with Crippen molar-refractivity contribution in [1.29, 1.82) is 0 Å². The summed E-state index contributed by atoms with van der Waals surface area (Å²) in [6, 6.07) is 6.01. The van der Waals surface area contributed by atoms with E-state index in [1.54, 1.807) is 0 Å². The molecule has 0 aliphatic carbocycles. The predicted octanol–water partition coefficient (Wildman–Crippen LogP) is 1.40. The molecular weight excluding hydrogens is 240 g/mol. The molecule has 0 aromatic heterocycles. The summed E-state index contributed by atoms with van der Waals surface area (Å²) in [7, 11) is 0. The summed E-state index contributed by atoms with van der Waals surface area (Å²) >= 11 is 0. The lowest BCUT2D eigenvalue weighted by atomic mass is 9.88. The number of benzene rings is 1. The van der Waals surface area contributed by atoms with Gasteiger partial charge in [-0.1, -0.05) is 12.1 Å². The fourth-order valence-electron chi connectivity index (χ4n) is 3.01. The lowest BCUT2D eigenvalue weighted by Crippen LogP contribution is -2.32. The first-order chi connectivity index (χ1) is 9.15. The molecule has 19 heavy (non-hydrogen) atoms. The van der Waals surface area contributed by atoms with Gasteiger partial charge in [0.25, 0.3) is 5.91 Å². The van der Waals surface area contributed by atoms with E-state index in [1.165, 1.54) is 0 Å². The minimum absolute atomic E-state index is 0.0198. The largest absolute Gasteiger partial charge is 0.378 e. The Morgan fingerprint density at radius 2 is 2.32 bits per heavy atom. The Morgan fingerprint density at radius 3 is 3.05 bits per heavy atom. The molecule has 0 spiro atoms. The lowest BCUT2D eigenvalue weighted by Gasteiger charge is -2.22. The molecule has 0 radical (unpaired) electrons. The molecule has 0 saturated carbocycles. The van der Waals surface area contributed by atoms with Crippen LogP contribution < -0.4 is 11.1 Å². The average molecular weight is 260 g/mol. The zero-order valence-corrected chi connectivity index (χ0v) is 11.2. The van der Waals surface area contributed by atoms with Crippen LogP contribution in [0.25, 0.3) is 0 Å². The highest BCUT2D eigenvalue weighted by Gasteiger charge is 2.29. The fourth-order valence-corrected chi connectivity index (χ4v) is 3.01. The minimum Gasteiger partial charge on any atom is -0.378 e. The summed E-state index contributed by atoms with van der Waals surface area (Å²) in [5.41, 5.74) is 9.27. The van der Waals surface area contributed by atoms with Gasteiger partial charge >= 0.3 is 0 Å². The van der Waals surface area contributed by atoms with E-state index >= 15 is 0 Å². The van der Waals surface area contributed by atoms with Gasteiger partial charge in [0.1, 0.15) is 0 Å². The van der Waals surface area contributed by atoms with E-state index in [4.69, 9.17) is 10.5 Å². The van der Waals surface area contributed by atoms with E-state index in [2.05, 4.69) is 18.3 Å². The van der Waals surface area contributed by atoms with Gasteiger partial charge < -0.3 is 15.8 Å². The van der Waals surface area contributed by atoms with Crippen molar-refractivity contribution in [3.05, 3.63) is 34.9 Å². The third-order valence-corrected chi connectivity index (χ3v) is 4.18. The van der Waals surface area contributed by atoms with Gasteiger partial charge in [-0.15, -0.1) is 0 Å². The van der Waals surface area contributed by atoms with Crippen LogP contribution >= 0.6 is 0 Å². The molecule has 1 aromatic carbocycles. The molecule has 1 saturated heterocycles. The average Bonchev–Trinajstić information content (AvgIpc) is 2.85. The first-order valence-electron chi connectivity index (χ1n) is 6.93. The van der Waals surface area contributed by atoms with Crippen molar-refractivity contribution in [3.63, 3.8) is 0 Å². The van der Waals surface area contributed by atoms with Gasteiger partial charge in [-0.3, -0.25) is 4.79 Å². The van der Waals surface area contributed by atoms with Crippen LogP contribution in [0.4, 0.5) is 0 Å². The Hall–Kier alpha value is -1.39. The van der Waals surface area contributed by atoms with E-state index in [0.29, 0.717) is 12.5 Å². The van der Waals surface area contributed by atoms with Gasteiger partial charge in [0.2, 0.25) is 0 Å². The number of ether oxygens (including phenoxy) is 1. The molecule has 2 aliphatic rings. The quantitative estimate of drug-likeness (QED) is 0.844. The van der Waals surface area contributed by atoms with Crippen LogP contribution in [0.1, 0.15) is 40.9 Å². The van der Waals surface area contributed by atoms with Crippen molar-refractivity contribution < 1.29 is 9.53 Å². The topological polar surface area (TPSA) is 64.4 Å². The molecule has 2 heterocycles. The predicted molar refractivity (Wildman–Crippen MR) is 72.9 cm³/mol. The number of amides is 1. The van der Waals surface area contributed by atoms with Crippen LogP contribution in [0.15, 0.2) is 18.2 Å². The monoisotopic (exact) mass is 260 g/mol. The Morgan fingerprint density at radius 1 is 1.47 bits per heavy atom. The number of nitrogens with one attached hydrogen (secondary N) is 1. The van der Waals surface area contributed by atoms with E-state index in [0.717, 1.165) is 36.1 Å². The number of carbonyl (C=O) groups excluding carboxylic acids is 1. The van der Waals surface area contributed by atoms with Gasteiger partial charge in [0.15, 0.2) is 0 Å². The third-order valence-electron chi connectivity index (χ3n) is 4.18. The first kappa shape index (κ1) is 12.6. The smallest absolute Gasteiger partial charge is 0.251 e. The molecule has 1 aromatic rings. The molecule has 4 nitrogen and oxygen atoms in total. The molecule has 1 fully saturated rings. The Balaban J connectivity index is 1.85. The molecular formula is C15H20N2O2. The van der Waals surface area contributed by atoms with Crippen molar-refractivity contribution in [2.75, 3.05) is 13.2 Å². The summed E-state index contributed by atoms with van der Waals surface area (Å²) in [5.74, 6) is 0.367. The Kier molecular flexibility index (Phi) is 3.29. The molecule has 102 valence electrons. The Labute approximate surface area is 113 Å². The van der Waals surface area contributed by atoms with E-state index in [1.807, 2.05) is 12.1 Å². The number of carbonyl (C=O) groups is 1. The molecule has 0 bridgehead atoms. The van der Waals surface area contributed by atoms with E-state index in [-0.39, 0.29) is 18.1 Å². The second-order valence-corrected chi connectivity index (χ2v) is 5.59. The first-order valence-corrected chi connectivity index (χ1v) is 6.93. The molecule has 3 rings (SSSR count). The zero-order valence-electron chi connectivity index (χ0n) is 11.2. The highest BCUT2D eigenvalue weighted by atomic mass is 16.5. The number of fused-ring (bicyclic) bond motifs is 1.